The maximum atomic E-state index is 12.5. The topological polar surface area (TPSA) is 37.4 Å². The van der Waals surface area contributed by atoms with Crippen molar-refractivity contribution in [3.63, 3.8) is 0 Å². The van der Waals surface area contributed by atoms with Crippen molar-refractivity contribution in [1.29, 1.82) is 0 Å². The Labute approximate surface area is 104 Å². The molecule has 1 atom stereocenters. The fraction of sp³-hybridized carbons (Fsp3) is 0.538. The number of sulfonamides is 1. The van der Waals surface area contributed by atoms with Crippen LogP contribution in [0.15, 0.2) is 29.2 Å². The molecule has 0 bridgehead atoms. The first-order valence-corrected chi connectivity index (χ1v) is 7.51. The summed E-state index contributed by atoms with van der Waals surface area (Å²) in [5, 5.41) is 0. The fourth-order valence-electron chi connectivity index (χ4n) is 2.35. The second-order valence-corrected chi connectivity index (χ2v) is 6.78. The predicted octanol–water partition coefficient (Wildman–Crippen LogP) is 2.42. The molecule has 0 radical (unpaired) electrons. The normalized spacial score (nSPS) is 22.6. The molecule has 1 heterocycles. The van der Waals surface area contributed by atoms with E-state index in [4.69, 9.17) is 0 Å². The van der Waals surface area contributed by atoms with Crippen LogP contribution < -0.4 is 0 Å². The molecule has 1 aliphatic heterocycles. The van der Waals surface area contributed by atoms with Crippen LogP contribution in [-0.4, -0.2) is 25.8 Å². The van der Waals surface area contributed by atoms with E-state index < -0.39 is 10.0 Å². The maximum Gasteiger partial charge on any atom is 0.243 e. The average Bonchev–Trinajstić information content (AvgIpc) is 2.29. The molecule has 2 rings (SSSR count). The van der Waals surface area contributed by atoms with Gasteiger partial charge in [0, 0.05) is 13.1 Å². The van der Waals surface area contributed by atoms with Gasteiger partial charge < -0.3 is 0 Å². The van der Waals surface area contributed by atoms with Crippen LogP contribution in [0.25, 0.3) is 0 Å². The standard InChI is InChI=1S/C13H19NO2S/c1-11-6-5-9-14(10-11)17(15,16)13-8-4-3-7-12(13)2/h3-4,7-8,11H,5-6,9-10H2,1-2H3. The molecule has 4 heteroatoms. The van der Waals surface area contributed by atoms with Gasteiger partial charge in [0.1, 0.15) is 0 Å². The lowest BCUT2D eigenvalue weighted by atomic mass is 10.0. The lowest BCUT2D eigenvalue weighted by Gasteiger charge is -2.30. The number of hydrogen-bond acceptors (Lipinski definition) is 2. The van der Waals surface area contributed by atoms with Gasteiger partial charge in [0.15, 0.2) is 0 Å². The van der Waals surface area contributed by atoms with Crippen molar-refractivity contribution < 1.29 is 8.42 Å². The summed E-state index contributed by atoms with van der Waals surface area (Å²) in [6, 6.07) is 7.20. The Kier molecular flexibility index (Phi) is 3.54. The minimum atomic E-state index is -3.29. The Balaban J connectivity index is 2.33. The molecule has 1 unspecified atom stereocenters. The van der Waals surface area contributed by atoms with Crippen LogP contribution in [0.4, 0.5) is 0 Å². The van der Waals surface area contributed by atoms with E-state index in [1.54, 1.807) is 16.4 Å². The van der Waals surface area contributed by atoms with E-state index in [0.29, 0.717) is 23.9 Å². The first kappa shape index (κ1) is 12.6. The Hall–Kier alpha value is -0.870. The second kappa shape index (κ2) is 4.78. The quantitative estimate of drug-likeness (QED) is 0.811. The number of benzene rings is 1. The van der Waals surface area contributed by atoms with Crippen molar-refractivity contribution in [3.05, 3.63) is 29.8 Å². The summed E-state index contributed by atoms with van der Waals surface area (Å²) in [6.07, 6.45) is 2.09. The van der Waals surface area contributed by atoms with Gasteiger partial charge in [-0.1, -0.05) is 25.1 Å². The summed E-state index contributed by atoms with van der Waals surface area (Å²) >= 11 is 0. The van der Waals surface area contributed by atoms with Gasteiger partial charge >= 0.3 is 0 Å². The largest absolute Gasteiger partial charge is 0.243 e. The molecule has 17 heavy (non-hydrogen) atoms. The van der Waals surface area contributed by atoms with Crippen LogP contribution in [0.2, 0.25) is 0 Å². The van der Waals surface area contributed by atoms with Gasteiger partial charge in [-0.15, -0.1) is 0 Å². The smallest absolute Gasteiger partial charge is 0.207 e. The van der Waals surface area contributed by atoms with Crippen molar-refractivity contribution in [2.24, 2.45) is 5.92 Å². The second-order valence-electron chi connectivity index (χ2n) is 4.88. The van der Waals surface area contributed by atoms with E-state index >= 15 is 0 Å². The first-order valence-electron chi connectivity index (χ1n) is 6.07. The Morgan fingerprint density at radius 1 is 1.29 bits per heavy atom. The summed E-state index contributed by atoms with van der Waals surface area (Å²) in [6.45, 7) is 5.26. The highest BCUT2D eigenvalue weighted by Crippen LogP contribution is 2.24. The van der Waals surface area contributed by atoms with Gasteiger partial charge in [0.2, 0.25) is 10.0 Å². The SMILES string of the molecule is Cc1ccccc1S(=O)(=O)N1CCCC(C)C1. The van der Waals surface area contributed by atoms with E-state index in [0.717, 1.165) is 18.4 Å². The number of nitrogens with zero attached hydrogens (tertiary/aromatic N) is 1. The van der Waals surface area contributed by atoms with Gasteiger partial charge in [-0.05, 0) is 37.3 Å². The van der Waals surface area contributed by atoms with Gasteiger partial charge in [0.25, 0.3) is 0 Å². The molecule has 0 saturated carbocycles. The van der Waals surface area contributed by atoms with Gasteiger partial charge in [-0.2, -0.15) is 4.31 Å². The van der Waals surface area contributed by atoms with Crippen LogP contribution in [0.3, 0.4) is 0 Å². The molecule has 1 saturated heterocycles. The van der Waals surface area contributed by atoms with Gasteiger partial charge in [0.05, 0.1) is 4.90 Å². The lowest BCUT2D eigenvalue weighted by Crippen LogP contribution is -2.39. The lowest BCUT2D eigenvalue weighted by molar-refractivity contribution is 0.281. The summed E-state index contributed by atoms with van der Waals surface area (Å²) < 4.78 is 26.6. The van der Waals surface area contributed by atoms with Crippen molar-refractivity contribution in [2.75, 3.05) is 13.1 Å². The average molecular weight is 253 g/mol. The third kappa shape index (κ3) is 2.53. The zero-order valence-electron chi connectivity index (χ0n) is 10.4. The highest BCUT2D eigenvalue weighted by molar-refractivity contribution is 7.89. The Morgan fingerprint density at radius 2 is 2.00 bits per heavy atom. The number of piperidine rings is 1. The molecule has 94 valence electrons. The molecule has 0 aromatic heterocycles. The summed E-state index contributed by atoms with van der Waals surface area (Å²) in [7, 11) is -3.29. The van der Waals surface area contributed by atoms with E-state index in [9.17, 15) is 8.42 Å². The van der Waals surface area contributed by atoms with Crippen molar-refractivity contribution in [3.8, 4) is 0 Å². The van der Waals surface area contributed by atoms with Crippen LogP contribution in [-0.2, 0) is 10.0 Å². The minimum absolute atomic E-state index is 0.453. The third-order valence-electron chi connectivity index (χ3n) is 3.33. The molecule has 0 spiro atoms. The molecular weight excluding hydrogens is 234 g/mol. The maximum absolute atomic E-state index is 12.5. The summed E-state index contributed by atoms with van der Waals surface area (Å²) in [4.78, 5) is 0.453. The van der Waals surface area contributed by atoms with Gasteiger partial charge in [-0.3, -0.25) is 0 Å². The number of rotatable bonds is 2. The van der Waals surface area contributed by atoms with Crippen molar-refractivity contribution in [1.82, 2.24) is 4.31 Å². The summed E-state index contributed by atoms with van der Waals surface area (Å²) in [5.41, 5.74) is 0.825. The zero-order chi connectivity index (χ0) is 12.5. The molecule has 0 aliphatic carbocycles. The molecule has 0 N–H and O–H groups in total. The van der Waals surface area contributed by atoms with Crippen LogP contribution >= 0.6 is 0 Å². The summed E-state index contributed by atoms with van der Waals surface area (Å²) in [5.74, 6) is 0.461. The molecule has 1 aromatic rings. The zero-order valence-corrected chi connectivity index (χ0v) is 11.2. The monoisotopic (exact) mass is 253 g/mol. The molecule has 1 aromatic carbocycles. The van der Waals surface area contributed by atoms with Crippen LogP contribution in [0, 0.1) is 12.8 Å². The fourth-order valence-corrected chi connectivity index (χ4v) is 4.17. The molecule has 1 fully saturated rings. The highest BCUT2D eigenvalue weighted by Gasteiger charge is 2.29. The minimum Gasteiger partial charge on any atom is -0.207 e. The van der Waals surface area contributed by atoms with E-state index in [2.05, 4.69) is 6.92 Å². The van der Waals surface area contributed by atoms with E-state index in [-0.39, 0.29) is 0 Å². The molecule has 0 amide bonds. The van der Waals surface area contributed by atoms with Crippen LogP contribution in [0.1, 0.15) is 25.3 Å². The van der Waals surface area contributed by atoms with Crippen molar-refractivity contribution in [2.45, 2.75) is 31.6 Å². The van der Waals surface area contributed by atoms with E-state index in [1.165, 1.54) is 0 Å². The third-order valence-corrected chi connectivity index (χ3v) is 5.36. The highest BCUT2D eigenvalue weighted by atomic mass is 32.2. The Bertz CT molecular complexity index is 496. The van der Waals surface area contributed by atoms with E-state index in [1.807, 2.05) is 19.1 Å². The molecule has 1 aliphatic rings. The first-order chi connectivity index (χ1) is 8.01. The number of aryl methyl sites for hydroxylation is 1. The number of hydrogen-bond donors (Lipinski definition) is 0. The Morgan fingerprint density at radius 3 is 2.65 bits per heavy atom. The van der Waals surface area contributed by atoms with Crippen LogP contribution in [0.5, 0.6) is 0 Å². The molecule has 3 nitrogen and oxygen atoms in total. The van der Waals surface area contributed by atoms with Gasteiger partial charge in [-0.25, -0.2) is 8.42 Å². The molecular formula is C13H19NO2S. The van der Waals surface area contributed by atoms with Crippen molar-refractivity contribution >= 4 is 10.0 Å². The predicted molar refractivity (Wildman–Crippen MR) is 68.3 cm³/mol.